The van der Waals surface area contributed by atoms with Crippen LogP contribution >= 0.6 is 22.6 Å². The average molecular weight is 242 g/mol. The van der Waals surface area contributed by atoms with Gasteiger partial charge in [0.2, 0.25) is 0 Å². The first kappa shape index (κ1) is 8.95. The van der Waals surface area contributed by atoms with Gasteiger partial charge in [0.1, 0.15) is 0 Å². The molecule has 0 aromatic rings. The van der Waals surface area contributed by atoms with E-state index in [1.165, 1.54) is 4.43 Å². The summed E-state index contributed by atoms with van der Waals surface area (Å²) >= 11 is 2.48. The molecule has 0 aromatic heterocycles. The van der Waals surface area contributed by atoms with Crippen molar-refractivity contribution in [2.45, 2.75) is 32.0 Å². The van der Waals surface area contributed by atoms with Gasteiger partial charge in [0.05, 0.1) is 0 Å². The van der Waals surface area contributed by atoms with E-state index in [9.17, 15) is 0 Å². The Labute approximate surface area is 67.8 Å². The van der Waals surface area contributed by atoms with E-state index in [0.717, 1.165) is 0 Å². The van der Waals surface area contributed by atoms with Gasteiger partial charge in [-0.1, -0.05) is 49.5 Å². The number of alkyl halides is 1. The highest BCUT2D eigenvalue weighted by Gasteiger charge is 2.20. The normalized spacial score (nSPS) is 12.8. The molecule has 0 aliphatic heterocycles. The molecular weight excluding hydrogens is 227 g/mol. The topological polar surface area (TPSA) is 0 Å². The van der Waals surface area contributed by atoms with Gasteiger partial charge in [0.15, 0.2) is 0 Å². The van der Waals surface area contributed by atoms with Crippen LogP contribution in [0.25, 0.3) is 0 Å². The number of halogens is 1. The molecule has 0 heterocycles. The highest BCUT2D eigenvalue weighted by Crippen LogP contribution is 2.30. The first-order valence-corrected chi connectivity index (χ1v) is 7.48. The van der Waals surface area contributed by atoms with Crippen molar-refractivity contribution in [1.29, 1.82) is 0 Å². The first-order chi connectivity index (χ1) is 3.50. The van der Waals surface area contributed by atoms with Crippen molar-refractivity contribution in [3.63, 3.8) is 0 Å². The van der Waals surface area contributed by atoms with Crippen LogP contribution in [-0.2, 0) is 0 Å². The molecule has 0 radical (unpaired) electrons. The van der Waals surface area contributed by atoms with Crippen LogP contribution in [0, 0.1) is 0 Å². The monoisotopic (exact) mass is 242 g/mol. The lowest BCUT2D eigenvalue weighted by molar-refractivity contribution is 0.767. The number of rotatable bonds is 2. The second kappa shape index (κ2) is 3.20. The standard InChI is InChI=1S/C6H15ISi/c1-6(2,5-7)8(3)4/h8H,5H2,1-4H3. The van der Waals surface area contributed by atoms with Crippen molar-refractivity contribution < 1.29 is 0 Å². The van der Waals surface area contributed by atoms with Crippen molar-refractivity contribution >= 4 is 31.4 Å². The summed E-state index contributed by atoms with van der Waals surface area (Å²) in [6.07, 6.45) is 0. The minimum absolute atomic E-state index is 0.387. The van der Waals surface area contributed by atoms with E-state index in [1.807, 2.05) is 0 Å². The Morgan fingerprint density at radius 1 is 1.38 bits per heavy atom. The minimum Gasteiger partial charge on any atom is -0.0861 e. The quantitative estimate of drug-likeness (QED) is 0.397. The Morgan fingerprint density at radius 2 is 1.75 bits per heavy atom. The Morgan fingerprint density at radius 3 is 1.75 bits per heavy atom. The van der Waals surface area contributed by atoms with Crippen LogP contribution in [0.5, 0.6) is 0 Å². The van der Waals surface area contributed by atoms with Gasteiger partial charge in [-0.25, -0.2) is 0 Å². The molecule has 0 fully saturated rings. The van der Waals surface area contributed by atoms with E-state index in [1.54, 1.807) is 0 Å². The van der Waals surface area contributed by atoms with Crippen molar-refractivity contribution in [2.24, 2.45) is 0 Å². The molecule has 2 heteroatoms. The summed E-state index contributed by atoms with van der Waals surface area (Å²) in [7, 11) is -0.387. The predicted octanol–water partition coefficient (Wildman–Crippen LogP) is 2.69. The lowest BCUT2D eigenvalue weighted by atomic mass is 10.2. The maximum absolute atomic E-state index is 2.48. The molecule has 50 valence electrons. The van der Waals surface area contributed by atoms with Crippen LogP contribution in [0.4, 0.5) is 0 Å². The third kappa shape index (κ3) is 2.48. The molecule has 0 saturated heterocycles. The zero-order valence-electron chi connectivity index (χ0n) is 6.16. The van der Waals surface area contributed by atoms with Crippen molar-refractivity contribution in [1.82, 2.24) is 0 Å². The van der Waals surface area contributed by atoms with Gasteiger partial charge in [-0.15, -0.1) is 0 Å². The van der Waals surface area contributed by atoms with E-state index in [2.05, 4.69) is 49.5 Å². The molecule has 8 heavy (non-hydrogen) atoms. The fourth-order valence-electron chi connectivity index (χ4n) is 0.154. The van der Waals surface area contributed by atoms with E-state index in [0.29, 0.717) is 5.04 Å². The maximum Gasteiger partial charge on any atom is 0.0374 e. The zero-order valence-corrected chi connectivity index (χ0v) is 9.47. The molecule has 0 bridgehead atoms. The number of hydrogen-bond donors (Lipinski definition) is 0. The van der Waals surface area contributed by atoms with Crippen molar-refractivity contribution in [2.75, 3.05) is 4.43 Å². The second-order valence-corrected chi connectivity index (χ2v) is 7.91. The Hall–Kier alpha value is 0.947. The lowest BCUT2D eigenvalue weighted by Gasteiger charge is -2.24. The molecule has 0 unspecified atom stereocenters. The van der Waals surface area contributed by atoms with Gasteiger partial charge in [-0.2, -0.15) is 0 Å². The molecule has 0 rings (SSSR count). The molecule has 0 N–H and O–H groups in total. The Kier molecular flexibility index (Phi) is 3.58. The average Bonchev–Trinajstić information content (AvgIpc) is 1.67. The third-order valence-electron chi connectivity index (χ3n) is 1.91. The third-order valence-corrected chi connectivity index (χ3v) is 8.03. The van der Waals surface area contributed by atoms with Crippen LogP contribution in [-0.4, -0.2) is 13.2 Å². The van der Waals surface area contributed by atoms with Crippen LogP contribution < -0.4 is 0 Å². The highest BCUT2D eigenvalue weighted by molar-refractivity contribution is 14.1. The minimum atomic E-state index is -0.387. The summed E-state index contributed by atoms with van der Waals surface area (Å²) in [4.78, 5) is 0. The summed E-state index contributed by atoms with van der Waals surface area (Å²) in [6.45, 7) is 9.57. The largest absolute Gasteiger partial charge is 0.0861 e. The van der Waals surface area contributed by atoms with Gasteiger partial charge < -0.3 is 0 Å². The van der Waals surface area contributed by atoms with Crippen molar-refractivity contribution in [3.05, 3.63) is 0 Å². The summed E-state index contributed by atoms with van der Waals surface area (Å²) in [5, 5.41) is 0.667. The van der Waals surface area contributed by atoms with Crippen LogP contribution in [0.2, 0.25) is 18.1 Å². The second-order valence-electron chi connectivity index (χ2n) is 3.28. The van der Waals surface area contributed by atoms with Gasteiger partial charge in [-0.05, 0) is 5.04 Å². The molecule has 0 atom stereocenters. The predicted molar refractivity (Wildman–Crippen MR) is 51.8 cm³/mol. The van der Waals surface area contributed by atoms with Crippen LogP contribution in [0.3, 0.4) is 0 Å². The van der Waals surface area contributed by atoms with Crippen LogP contribution in [0.1, 0.15) is 13.8 Å². The molecule has 0 aromatic carbocycles. The Bertz CT molecular complexity index is 68.9. The summed E-state index contributed by atoms with van der Waals surface area (Å²) in [6, 6.07) is 0. The molecule has 0 aliphatic carbocycles. The molecule has 0 spiro atoms. The SMILES string of the molecule is C[SiH](C)C(C)(C)CI. The van der Waals surface area contributed by atoms with E-state index in [4.69, 9.17) is 0 Å². The zero-order chi connectivity index (χ0) is 6.78. The van der Waals surface area contributed by atoms with Gasteiger partial charge >= 0.3 is 0 Å². The molecular formula is C6H15ISi. The summed E-state index contributed by atoms with van der Waals surface area (Å²) in [5.74, 6) is 0. The molecule has 0 aliphatic rings. The van der Waals surface area contributed by atoms with Gasteiger partial charge in [-0.3, -0.25) is 0 Å². The van der Waals surface area contributed by atoms with Crippen molar-refractivity contribution in [3.8, 4) is 0 Å². The fraction of sp³-hybridized carbons (Fsp3) is 1.00. The Balaban J connectivity index is 3.71. The summed E-state index contributed by atoms with van der Waals surface area (Å²) in [5.41, 5.74) is 0. The summed E-state index contributed by atoms with van der Waals surface area (Å²) < 4.78 is 1.31. The molecule has 0 saturated carbocycles. The fourth-order valence-corrected chi connectivity index (χ4v) is 3.11. The molecule has 0 nitrogen and oxygen atoms in total. The van der Waals surface area contributed by atoms with Gasteiger partial charge in [0.25, 0.3) is 0 Å². The first-order valence-electron chi connectivity index (χ1n) is 3.06. The highest BCUT2D eigenvalue weighted by atomic mass is 127. The van der Waals surface area contributed by atoms with E-state index >= 15 is 0 Å². The van der Waals surface area contributed by atoms with Crippen LogP contribution in [0.15, 0.2) is 0 Å². The van der Waals surface area contributed by atoms with E-state index < -0.39 is 0 Å². The maximum atomic E-state index is 2.48. The number of hydrogen-bond acceptors (Lipinski definition) is 0. The molecule has 0 amide bonds. The van der Waals surface area contributed by atoms with E-state index in [-0.39, 0.29) is 8.80 Å². The lowest BCUT2D eigenvalue weighted by Crippen LogP contribution is -2.21. The smallest absolute Gasteiger partial charge is 0.0374 e. The van der Waals surface area contributed by atoms with Gasteiger partial charge in [0, 0.05) is 13.2 Å².